The zero-order valence-corrected chi connectivity index (χ0v) is 10.6. The molecule has 0 spiro atoms. The Morgan fingerprint density at radius 2 is 1.93 bits per heavy atom. The smallest absolute Gasteiger partial charge is 0.326 e. The van der Waals surface area contributed by atoms with Crippen molar-refractivity contribution in [2.45, 2.75) is 12.7 Å². The largest absolute Gasteiger partial charge is 0.417 e. The van der Waals surface area contributed by atoms with Gasteiger partial charge in [-0.1, -0.05) is 15.9 Å². The van der Waals surface area contributed by atoms with Gasteiger partial charge in [0.05, 0.1) is 5.56 Å². The fourth-order valence-electron chi connectivity index (χ4n) is 1.11. The summed E-state index contributed by atoms with van der Waals surface area (Å²) in [6.45, 7) is -0.121. The third-order valence-corrected chi connectivity index (χ3v) is 2.95. The maximum atomic E-state index is 12.6. The predicted octanol–water partition coefficient (Wildman–Crippen LogP) is 3.53. The van der Waals surface area contributed by atoms with E-state index in [0.29, 0.717) is 4.47 Å². The maximum Gasteiger partial charge on any atom is 0.417 e. The standard InChI is InChI=1S/C8H6BrF3IN/c9-5-1-4(3-14)7(6(13)2-5)8(10,11)12/h1-2H,3,14H2. The molecule has 0 bridgehead atoms. The van der Waals surface area contributed by atoms with Crippen LogP contribution in [0.4, 0.5) is 13.2 Å². The van der Waals surface area contributed by atoms with Gasteiger partial charge in [-0.3, -0.25) is 0 Å². The Kier molecular flexibility index (Phi) is 3.81. The summed E-state index contributed by atoms with van der Waals surface area (Å²) < 4.78 is 38.4. The number of alkyl halides is 3. The van der Waals surface area contributed by atoms with E-state index < -0.39 is 11.7 Å². The number of benzene rings is 1. The summed E-state index contributed by atoms with van der Waals surface area (Å²) in [5.74, 6) is 0. The lowest BCUT2D eigenvalue weighted by Crippen LogP contribution is -2.14. The Balaban J connectivity index is 3.40. The average molecular weight is 380 g/mol. The molecule has 0 saturated heterocycles. The summed E-state index contributed by atoms with van der Waals surface area (Å²) in [6, 6.07) is 2.81. The third kappa shape index (κ3) is 2.60. The molecule has 0 aliphatic carbocycles. The van der Waals surface area contributed by atoms with Gasteiger partial charge in [0, 0.05) is 14.6 Å². The minimum atomic E-state index is -4.34. The second kappa shape index (κ2) is 4.36. The molecule has 0 amide bonds. The van der Waals surface area contributed by atoms with E-state index in [1.165, 1.54) is 12.1 Å². The minimum absolute atomic E-state index is 0.108. The lowest BCUT2D eigenvalue weighted by molar-refractivity contribution is -0.138. The highest BCUT2D eigenvalue weighted by molar-refractivity contribution is 14.1. The molecule has 0 heterocycles. The molecule has 6 heteroatoms. The van der Waals surface area contributed by atoms with Crippen molar-refractivity contribution in [1.82, 2.24) is 0 Å². The molecule has 0 radical (unpaired) electrons. The SMILES string of the molecule is NCc1cc(Br)cc(I)c1C(F)(F)F. The lowest BCUT2D eigenvalue weighted by Gasteiger charge is -2.14. The highest BCUT2D eigenvalue weighted by Gasteiger charge is 2.35. The molecule has 78 valence electrons. The van der Waals surface area contributed by atoms with Gasteiger partial charge in [0.15, 0.2) is 0 Å². The predicted molar refractivity (Wildman–Crippen MR) is 59.8 cm³/mol. The van der Waals surface area contributed by atoms with Crippen molar-refractivity contribution in [2.24, 2.45) is 5.73 Å². The Hall–Kier alpha value is 0.180. The first-order valence-corrected chi connectivity index (χ1v) is 5.48. The Morgan fingerprint density at radius 1 is 1.36 bits per heavy atom. The van der Waals surface area contributed by atoms with Crippen LogP contribution < -0.4 is 5.73 Å². The van der Waals surface area contributed by atoms with Crippen LogP contribution in [0.1, 0.15) is 11.1 Å². The van der Waals surface area contributed by atoms with Crippen LogP contribution >= 0.6 is 38.5 Å². The molecule has 0 atom stereocenters. The van der Waals surface area contributed by atoms with Crippen molar-refractivity contribution in [3.05, 3.63) is 31.3 Å². The molecule has 0 aliphatic heterocycles. The first kappa shape index (κ1) is 12.3. The van der Waals surface area contributed by atoms with Gasteiger partial charge in [-0.05, 0) is 40.3 Å². The van der Waals surface area contributed by atoms with E-state index in [9.17, 15) is 13.2 Å². The quantitative estimate of drug-likeness (QED) is 0.742. The van der Waals surface area contributed by atoms with Gasteiger partial charge in [-0.15, -0.1) is 0 Å². The van der Waals surface area contributed by atoms with E-state index in [-0.39, 0.29) is 15.7 Å². The van der Waals surface area contributed by atoms with E-state index in [0.717, 1.165) is 0 Å². The number of nitrogens with two attached hydrogens (primary N) is 1. The molecule has 0 unspecified atom stereocenters. The molecule has 14 heavy (non-hydrogen) atoms. The van der Waals surface area contributed by atoms with Crippen LogP contribution in [0.5, 0.6) is 0 Å². The van der Waals surface area contributed by atoms with Gasteiger partial charge in [-0.2, -0.15) is 13.2 Å². The highest BCUT2D eigenvalue weighted by atomic mass is 127. The molecule has 2 N–H and O–H groups in total. The van der Waals surface area contributed by atoms with Gasteiger partial charge in [0.25, 0.3) is 0 Å². The second-order valence-electron chi connectivity index (χ2n) is 2.62. The molecule has 1 aromatic carbocycles. The first-order chi connectivity index (χ1) is 6.36. The van der Waals surface area contributed by atoms with Crippen LogP contribution in [0, 0.1) is 3.57 Å². The van der Waals surface area contributed by atoms with E-state index >= 15 is 0 Å². The van der Waals surface area contributed by atoms with Crippen molar-refractivity contribution in [3.8, 4) is 0 Å². The fourth-order valence-corrected chi connectivity index (χ4v) is 3.03. The van der Waals surface area contributed by atoms with Crippen LogP contribution in [0.15, 0.2) is 16.6 Å². The Labute approximate surface area is 101 Å². The van der Waals surface area contributed by atoms with E-state index in [2.05, 4.69) is 15.9 Å². The average Bonchev–Trinajstić information content (AvgIpc) is 1.99. The van der Waals surface area contributed by atoms with Crippen LogP contribution in [0.3, 0.4) is 0 Å². The first-order valence-electron chi connectivity index (χ1n) is 3.61. The van der Waals surface area contributed by atoms with Crippen molar-refractivity contribution in [3.63, 3.8) is 0 Å². The summed E-state index contributed by atoms with van der Waals surface area (Å²) in [6.07, 6.45) is -4.34. The van der Waals surface area contributed by atoms with Crippen LogP contribution in [0.2, 0.25) is 0 Å². The van der Waals surface area contributed by atoms with Crippen LogP contribution in [0.25, 0.3) is 0 Å². The van der Waals surface area contributed by atoms with Crippen molar-refractivity contribution < 1.29 is 13.2 Å². The molecule has 1 rings (SSSR count). The number of rotatable bonds is 1. The van der Waals surface area contributed by atoms with Gasteiger partial charge in [-0.25, -0.2) is 0 Å². The zero-order valence-electron chi connectivity index (χ0n) is 6.83. The maximum absolute atomic E-state index is 12.6. The van der Waals surface area contributed by atoms with E-state index in [4.69, 9.17) is 5.73 Å². The van der Waals surface area contributed by atoms with E-state index in [1.54, 1.807) is 22.6 Å². The molecular formula is C8H6BrF3IN. The number of hydrogen-bond donors (Lipinski definition) is 1. The summed E-state index contributed by atoms with van der Waals surface area (Å²) in [5, 5.41) is 0. The fraction of sp³-hybridized carbons (Fsp3) is 0.250. The lowest BCUT2D eigenvalue weighted by atomic mass is 10.1. The third-order valence-electron chi connectivity index (χ3n) is 1.64. The molecule has 0 fully saturated rings. The molecule has 0 aliphatic rings. The Bertz CT molecular complexity index is 351. The second-order valence-corrected chi connectivity index (χ2v) is 4.70. The number of hydrogen-bond acceptors (Lipinski definition) is 1. The van der Waals surface area contributed by atoms with Gasteiger partial charge >= 0.3 is 6.18 Å². The summed E-state index contributed by atoms with van der Waals surface area (Å²) in [5.41, 5.74) is 4.73. The van der Waals surface area contributed by atoms with Gasteiger partial charge < -0.3 is 5.73 Å². The van der Waals surface area contributed by atoms with Gasteiger partial charge in [0.2, 0.25) is 0 Å². The van der Waals surface area contributed by atoms with Gasteiger partial charge in [0.1, 0.15) is 0 Å². The molecule has 0 saturated carbocycles. The molecule has 0 aromatic heterocycles. The van der Waals surface area contributed by atoms with E-state index in [1.807, 2.05) is 0 Å². The van der Waals surface area contributed by atoms with Crippen molar-refractivity contribution in [2.75, 3.05) is 0 Å². The molecular weight excluding hydrogens is 374 g/mol. The van der Waals surface area contributed by atoms with Crippen molar-refractivity contribution >= 4 is 38.5 Å². The summed E-state index contributed by atoms with van der Waals surface area (Å²) in [4.78, 5) is 0. The van der Waals surface area contributed by atoms with Crippen LogP contribution in [-0.2, 0) is 12.7 Å². The van der Waals surface area contributed by atoms with Crippen LogP contribution in [-0.4, -0.2) is 0 Å². The summed E-state index contributed by atoms with van der Waals surface area (Å²) in [7, 11) is 0. The molecule has 1 aromatic rings. The normalized spacial score (nSPS) is 11.9. The van der Waals surface area contributed by atoms with Crippen molar-refractivity contribution in [1.29, 1.82) is 0 Å². The highest BCUT2D eigenvalue weighted by Crippen LogP contribution is 2.36. The number of halogens is 5. The monoisotopic (exact) mass is 379 g/mol. The zero-order chi connectivity index (χ0) is 10.9. The Morgan fingerprint density at radius 3 is 2.36 bits per heavy atom. The topological polar surface area (TPSA) is 26.0 Å². The minimum Gasteiger partial charge on any atom is -0.326 e. The summed E-state index contributed by atoms with van der Waals surface area (Å²) >= 11 is 4.78. The molecule has 1 nitrogen and oxygen atoms in total.